The molecule has 0 amide bonds. The van der Waals surface area contributed by atoms with Gasteiger partial charge in [0.2, 0.25) is 0 Å². The van der Waals surface area contributed by atoms with Crippen molar-refractivity contribution < 1.29 is 0 Å². The Hall–Kier alpha value is -0.900. The standard InChI is InChI=1S/C14H17ClN2S/c1-9(12-5-4-6-13(15)7-12)16-10(2)14-8-18-11(3)17-14/h4-10,16H,1-3H3. The van der Waals surface area contributed by atoms with Gasteiger partial charge in [-0.05, 0) is 38.5 Å². The van der Waals surface area contributed by atoms with Gasteiger partial charge in [-0.15, -0.1) is 11.3 Å². The molecule has 2 atom stereocenters. The average Bonchev–Trinajstić information content (AvgIpc) is 2.76. The highest BCUT2D eigenvalue weighted by Gasteiger charge is 2.13. The lowest BCUT2D eigenvalue weighted by Gasteiger charge is -2.19. The van der Waals surface area contributed by atoms with E-state index in [1.165, 1.54) is 5.56 Å². The van der Waals surface area contributed by atoms with Crippen molar-refractivity contribution in [3.63, 3.8) is 0 Å². The first-order chi connectivity index (χ1) is 8.56. The predicted molar refractivity (Wildman–Crippen MR) is 78.3 cm³/mol. The maximum absolute atomic E-state index is 6.01. The molecule has 1 aromatic carbocycles. The molecule has 2 unspecified atom stereocenters. The quantitative estimate of drug-likeness (QED) is 0.891. The van der Waals surface area contributed by atoms with Crippen LogP contribution in [0.25, 0.3) is 0 Å². The second kappa shape index (κ2) is 5.83. The van der Waals surface area contributed by atoms with E-state index in [0.717, 1.165) is 15.7 Å². The Labute approximate surface area is 117 Å². The monoisotopic (exact) mass is 280 g/mol. The fraction of sp³-hybridized carbons (Fsp3) is 0.357. The van der Waals surface area contributed by atoms with Crippen LogP contribution in [0.15, 0.2) is 29.6 Å². The van der Waals surface area contributed by atoms with Crippen LogP contribution in [0, 0.1) is 6.92 Å². The maximum Gasteiger partial charge on any atom is 0.0898 e. The summed E-state index contributed by atoms with van der Waals surface area (Å²) < 4.78 is 0. The molecule has 0 aliphatic carbocycles. The summed E-state index contributed by atoms with van der Waals surface area (Å²) in [6.07, 6.45) is 0. The second-order valence-corrected chi connectivity index (χ2v) is 5.96. The first-order valence-corrected chi connectivity index (χ1v) is 7.25. The third kappa shape index (κ3) is 3.31. The van der Waals surface area contributed by atoms with Crippen molar-refractivity contribution in [3.8, 4) is 0 Å². The Morgan fingerprint density at radius 3 is 2.67 bits per heavy atom. The zero-order valence-electron chi connectivity index (χ0n) is 10.8. The molecule has 4 heteroatoms. The fourth-order valence-corrected chi connectivity index (χ4v) is 2.82. The highest BCUT2D eigenvalue weighted by molar-refractivity contribution is 7.09. The number of halogens is 1. The number of nitrogens with zero attached hydrogens (tertiary/aromatic N) is 1. The summed E-state index contributed by atoms with van der Waals surface area (Å²) in [5, 5.41) is 7.53. The summed E-state index contributed by atoms with van der Waals surface area (Å²) in [7, 11) is 0. The molecular formula is C14H17ClN2S. The molecule has 0 aliphatic rings. The van der Waals surface area contributed by atoms with E-state index in [4.69, 9.17) is 11.6 Å². The van der Waals surface area contributed by atoms with Crippen molar-refractivity contribution in [1.29, 1.82) is 0 Å². The van der Waals surface area contributed by atoms with Gasteiger partial charge in [-0.2, -0.15) is 0 Å². The van der Waals surface area contributed by atoms with E-state index < -0.39 is 0 Å². The highest BCUT2D eigenvalue weighted by Crippen LogP contribution is 2.22. The number of rotatable bonds is 4. The minimum atomic E-state index is 0.240. The van der Waals surface area contributed by atoms with E-state index in [-0.39, 0.29) is 12.1 Å². The van der Waals surface area contributed by atoms with Gasteiger partial charge < -0.3 is 5.32 Å². The summed E-state index contributed by atoms with van der Waals surface area (Å²) in [6.45, 7) is 6.30. The Bertz CT molecular complexity index is 524. The zero-order chi connectivity index (χ0) is 13.1. The van der Waals surface area contributed by atoms with Gasteiger partial charge in [-0.25, -0.2) is 4.98 Å². The van der Waals surface area contributed by atoms with Crippen LogP contribution in [0.2, 0.25) is 5.02 Å². The number of aryl methyl sites for hydroxylation is 1. The lowest BCUT2D eigenvalue weighted by molar-refractivity contribution is 0.487. The third-order valence-electron chi connectivity index (χ3n) is 2.93. The van der Waals surface area contributed by atoms with Crippen LogP contribution in [-0.2, 0) is 0 Å². The summed E-state index contributed by atoms with van der Waals surface area (Å²) >= 11 is 7.69. The smallest absolute Gasteiger partial charge is 0.0898 e. The van der Waals surface area contributed by atoms with E-state index in [9.17, 15) is 0 Å². The summed E-state index contributed by atoms with van der Waals surface area (Å²) in [5.41, 5.74) is 2.30. The van der Waals surface area contributed by atoms with E-state index in [1.807, 2.05) is 25.1 Å². The van der Waals surface area contributed by atoms with E-state index >= 15 is 0 Å². The Morgan fingerprint density at radius 1 is 1.28 bits per heavy atom. The van der Waals surface area contributed by atoms with Crippen molar-refractivity contribution >= 4 is 22.9 Å². The van der Waals surface area contributed by atoms with Crippen molar-refractivity contribution in [3.05, 3.63) is 50.9 Å². The number of thiazole rings is 1. The van der Waals surface area contributed by atoms with Crippen LogP contribution in [0.1, 0.15) is 42.2 Å². The molecule has 1 aromatic heterocycles. The van der Waals surface area contributed by atoms with Crippen molar-refractivity contribution in [2.24, 2.45) is 0 Å². The summed E-state index contributed by atoms with van der Waals surface area (Å²) in [5.74, 6) is 0. The average molecular weight is 281 g/mol. The van der Waals surface area contributed by atoms with Crippen molar-refractivity contribution in [1.82, 2.24) is 10.3 Å². The first-order valence-electron chi connectivity index (χ1n) is 6.00. The van der Waals surface area contributed by atoms with E-state index in [0.29, 0.717) is 0 Å². The molecule has 1 heterocycles. The molecule has 18 heavy (non-hydrogen) atoms. The van der Waals surface area contributed by atoms with Crippen molar-refractivity contribution in [2.45, 2.75) is 32.9 Å². The maximum atomic E-state index is 6.01. The van der Waals surface area contributed by atoms with E-state index in [2.05, 4.69) is 35.6 Å². The van der Waals surface area contributed by atoms with Crippen LogP contribution < -0.4 is 5.32 Å². The van der Waals surface area contributed by atoms with Gasteiger partial charge in [-0.3, -0.25) is 0 Å². The normalized spacial score (nSPS) is 14.4. The molecule has 2 aromatic rings. The minimum absolute atomic E-state index is 0.240. The molecule has 0 saturated heterocycles. The summed E-state index contributed by atoms with van der Waals surface area (Å²) in [4.78, 5) is 4.50. The number of benzene rings is 1. The van der Waals surface area contributed by atoms with Gasteiger partial charge in [0.25, 0.3) is 0 Å². The molecule has 0 fully saturated rings. The van der Waals surface area contributed by atoms with E-state index in [1.54, 1.807) is 11.3 Å². The van der Waals surface area contributed by atoms with Gasteiger partial charge in [0.15, 0.2) is 0 Å². The Balaban J connectivity index is 2.05. The van der Waals surface area contributed by atoms with Crippen LogP contribution in [0.5, 0.6) is 0 Å². The second-order valence-electron chi connectivity index (χ2n) is 4.46. The lowest BCUT2D eigenvalue weighted by atomic mass is 10.1. The Morgan fingerprint density at radius 2 is 2.06 bits per heavy atom. The van der Waals surface area contributed by atoms with Crippen LogP contribution in [0.4, 0.5) is 0 Å². The minimum Gasteiger partial charge on any atom is -0.302 e. The predicted octanol–water partition coefficient (Wildman–Crippen LogP) is 4.52. The molecule has 96 valence electrons. The highest BCUT2D eigenvalue weighted by atomic mass is 35.5. The largest absolute Gasteiger partial charge is 0.302 e. The number of hydrogen-bond acceptors (Lipinski definition) is 3. The topological polar surface area (TPSA) is 24.9 Å². The van der Waals surface area contributed by atoms with Gasteiger partial charge in [0.1, 0.15) is 0 Å². The van der Waals surface area contributed by atoms with Gasteiger partial charge in [-0.1, -0.05) is 23.7 Å². The lowest BCUT2D eigenvalue weighted by Crippen LogP contribution is -2.22. The molecule has 0 aliphatic heterocycles. The van der Waals surface area contributed by atoms with Crippen LogP contribution in [0.3, 0.4) is 0 Å². The Kier molecular flexibility index (Phi) is 4.38. The molecule has 0 saturated carbocycles. The molecule has 0 spiro atoms. The first kappa shape index (κ1) is 13.5. The van der Waals surface area contributed by atoms with Gasteiger partial charge in [0, 0.05) is 22.5 Å². The number of nitrogens with one attached hydrogen (secondary N) is 1. The van der Waals surface area contributed by atoms with Gasteiger partial charge >= 0.3 is 0 Å². The van der Waals surface area contributed by atoms with Crippen LogP contribution in [-0.4, -0.2) is 4.98 Å². The fourth-order valence-electron chi connectivity index (χ4n) is 1.91. The molecule has 1 N–H and O–H groups in total. The summed E-state index contributed by atoms with van der Waals surface area (Å²) in [6, 6.07) is 8.45. The molecule has 0 radical (unpaired) electrons. The zero-order valence-corrected chi connectivity index (χ0v) is 12.3. The SMILES string of the molecule is Cc1nc(C(C)NC(C)c2cccc(Cl)c2)cs1. The number of hydrogen-bond donors (Lipinski definition) is 1. The van der Waals surface area contributed by atoms with Crippen LogP contribution >= 0.6 is 22.9 Å². The van der Waals surface area contributed by atoms with Gasteiger partial charge in [0.05, 0.1) is 10.7 Å². The molecule has 2 nitrogen and oxygen atoms in total. The third-order valence-corrected chi connectivity index (χ3v) is 3.96. The molecular weight excluding hydrogens is 264 g/mol. The molecule has 2 rings (SSSR count). The molecule has 0 bridgehead atoms. The number of aromatic nitrogens is 1. The van der Waals surface area contributed by atoms with Crippen molar-refractivity contribution in [2.75, 3.05) is 0 Å².